The number of hydrogen-bond acceptors (Lipinski definition) is 2. The van der Waals surface area contributed by atoms with Crippen molar-refractivity contribution in [3.8, 4) is 0 Å². The minimum Gasteiger partial charge on any atom is -0.264 e. The lowest BCUT2D eigenvalue weighted by Gasteiger charge is -2.00. The number of hydrogen-bond donors (Lipinski definition) is 0. The number of aromatic nitrogens is 2. The molecule has 1 aromatic carbocycles. The Balaban J connectivity index is 1.94. The maximum atomic E-state index is 4.62. The molecule has 0 amide bonds. The van der Waals surface area contributed by atoms with E-state index in [1.807, 2.05) is 36.5 Å². The summed E-state index contributed by atoms with van der Waals surface area (Å²) in [6.07, 6.45) is 7.64. The fourth-order valence-corrected chi connectivity index (χ4v) is 2.01. The fourth-order valence-electron chi connectivity index (χ4n) is 2.01. The SMILES string of the molecule is Cc1ccc2nc(C=Cc3cccnc3)ccc2c1. The minimum atomic E-state index is 0.959. The molecular formula is C17H14N2. The summed E-state index contributed by atoms with van der Waals surface area (Å²) in [7, 11) is 0. The second-order valence-corrected chi connectivity index (χ2v) is 4.55. The van der Waals surface area contributed by atoms with Gasteiger partial charge in [-0.1, -0.05) is 29.8 Å². The normalized spacial score (nSPS) is 11.2. The highest BCUT2D eigenvalue weighted by Gasteiger charge is 1.96. The number of benzene rings is 1. The highest BCUT2D eigenvalue weighted by Crippen LogP contribution is 2.15. The van der Waals surface area contributed by atoms with E-state index in [0.717, 1.165) is 16.8 Å². The third-order valence-electron chi connectivity index (χ3n) is 3.00. The largest absolute Gasteiger partial charge is 0.264 e. The van der Waals surface area contributed by atoms with Gasteiger partial charge in [0.05, 0.1) is 11.2 Å². The summed E-state index contributed by atoms with van der Waals surface area (Å²) < 4.78 is 0. The summed E-state index contributed by atoms with van der Waals surface area (Å²) in [6.45, 7) is 2.09. The first-order chi connectivity index (χ1) is 9.31. The van der Waals surface area contributed by atoms with Gasteiger partial charge in [0.15, 0.2) is 0 Å². The Morgan fingerprint density at radius 3 is 2.79 bits per heavy atom. The van der Waals surface area contributed by atoms with Crippen LogP contribution in [0.1, 0.15) is 16.8 Å². The first kappa shape index (κ1) is 11.6. The molecule has 0 atom stereocenters. The number of fused-ring (bicyclic) bond motifs is 1. The van der Waals surface area contributed by atoms with Crippen LogP contribution in [0.15, 0.2) is 54.9 Å². The van der Waals surface area contributed by atoms with E-state index < -0.39 is 0 Å². The number of aryl methyl sites for hydroxylation is 1. The summed E-state index contributed by atoms with van der Waals surface area (Å²) >= 11 is 0. The fraction of sp³-hybridized carbons (Fsp3) is 0.0588. The van der Waals surface area contributed by atoms with Gasteiger partial charge >= 0.3 is 0 Å². The molecular weight excluding hydrogens is 232 g/mol. The van der Waals surface area contributed by atoms with Gasteiger partial charge in [-0.2, -0.15) is 0 Å². The molecule has 2 nitrogen and oxygen atoms in total. The molecule has 0 radical (unpaired) electrons. The van der Waals surface area contributed by atoms with E-state index in [1.54, 1.807) is 6.20 Å². The van der Waals surface area contributed by atoms with Crippen LogP contribution in [0.25, 0.3) is 23.1 Å². The van der Waals surface area contributed by atoms with E-state index in [2.05, 4.69) is 41.2 Å². The second kappa shape index (κ2) is 5.02. The predicted molar refractivity (Wildman–Crippen MR) is 79.6 cm³/mol. The van der Waals surface area contributed by atoms with E-state index in [1.165, 1.54) is 10.9 Å². The number of rotatable bonds is 2. The summed E-state index contributed by atoms with van der Waals surface area (Å²) in [5.41, 5.74) is 4.32. The molecule has 0 spiro atoms. The van der Waals surface area contributed by atoms with Crippen LogP contribution in [0.3, 0.4) is 0 Å². The first-order valence-corrected chi connectivity index (χ1v) is 6.27. The van der Waals surface area contributed by atoms with Gasteiger partial charge in [-0.15, -0.1) is 0 Å². The van der Waals surface area contributed by atoms with Crippen molar-refractivity contribution in [3.05, 3.63) is 71.7 Å². The van der Waals surface area contributed by atoms with Crippen LogP contribution in [-0.2, 0) is 0 Å². The van der Waals surface area contributed by atoms with Crippen LogP contribution >= 0.6 is 0 Å². The van der Waals surface area contributed by atoms with Crippen molar-refractivity contribution < 1.29 is 0 Å². The lowest BCUT2D eigenvalue weighted by atomic mass is 10.1. The lowest BCUT2D eigenvalue weighted by Crippen LogP contribution is -1.84. The van der Waals surface area contributed by atoms with Crippen molar-refractivity contribution in [2.45, 2.75) is 6.92 Å². The van der Waals surface area contributed by atoms with Crippen molar-refractivity contribution in [1.29, 1.82) is 0 Å². The summed E-state index contributed by atoms with van der Waals surface area (Å²) in [5.74, 6) is 0. The number of nitrogens with zero attached hydrogens (tertiary/aromatic N) is 2. The third kappa shape index (κ3) is 2.68. The highest BCUT2D eigenvalue weighted by atomic mass is 14.7. The summed E-state index contributed by atoms with van der Waals surface area (Å²) in [6, 6.07) is 14.4. The highest BCUT2D eigenvalue weighted by molar-refractivity contribution is 5.81. The maximum absolute atomic E-state index is 4.62. The van der Waals surface area contributed by atoms with E-state index >= 15 is 0 Å². The molecule has 3 rings (SSSR count). The Morgan fingerprint density at radius 1 is 1.00 bits per heavy atom. The van der Waals surface area contributed by atoms with Gasteiger partial charge in [-0.05, 0) is 42.8 Å². The van der Waals surface area contributed by atoms with Crippen LogP contribution in [0.2, 0.25) is 0 Å². The van der Waals surface area contributed by atoms with Crippen LogP contribution in [-0.4, -0.2) is 9.97 Å². The zero-order valence-corrected chi connectivity index (χ0v) is 10.7. The topological polar surface area (TPSA) is 25.8 Å². The Labute approximate surface area is 112 Å². The molecule has 0 N–H and O–H groups in total. The Kier molecular flexibility index (Phi) is 3.07. The van der Waals surface area contributed by atoms with Crippen molar-refractivity contribution in [2.24, 2.45) is 0 Å². The summed E-state index contributed by atoms with van der Waals surface area (Å²) in [4.78, 5) is 8.71. The molecule has 92 valence electrons. The molecule has 0 unspecified atom stereocenters. The molecule has 0 aliphatic heterocycles. The van der Waals surface area contributed by atoms with Crippen LogP contribution in [0.4, 0.5) is 0 Å². The molecule has 2 aromatic heterocycles. The van der Waals surface area contributed by atoms with Gasteiger partial charge < -0.3 is 0 Å². The van der Waals surface area contributed by atoms with Crippen molar-refractivity contribution in [2.75, 3.05) is 0 Å². The third-order valence-corrected chi connectivity index (χ3v) is 3.00. The second-order valence-electron chi connectivity index (χ2n) is 4.55. The molecule has 19 heavy (non-hydrogen) atoms. The van der Waals surface area contributed by atoms with E-state index in [4.69, 9.17) is 0 Å². The van der Waals surface area contributed by atoms with E-state index in [-0.39, 0.29) is 0 Å². The van der Waals surface area contributed by atoms with Crippen molar-refractivity contribution in [1.82, 2.24) is 9.97 Å². The van der Waals surface area contributed by atoms with E-state index in [9.17, 15) is 0 Å². The first-order valence-electron chi connectivity index (χ1n) is 6.27. The lowest BCUT2D eigenvalue weighted by molar-refractivity contribution is 1.32. The molecule has 0 fully saturated rings. The van der Waals surface area contributed by atoms with E-state index in [0.29, 0.717) is 0 Å². The molecule has 0 bridgehead atoms. The van der Waals surface area contributed by atoms with Gasteiger partial charge in [0.1, 0.15) is 0 Å². The quantitative estimate of drug-likeness (QED) is 0.680. The molecule has 0 saturated heterocycles. The standard InChI is InChI=1S/C17H14N2/c1-13-4-9-17-15(11-13)6-8-16(19-17)7-5-14-3-2-10-18-12-14/h2-12H,1H3. The Bertz CT molecular complexity index is 731. The molecule has 0 aliphatic rings. The van der Waals surface area contributed by atoms with Crippen LogP contribution in [0, 0.1) is 6.92 Å². The Morgan fingerprint density at radius 2 is 1.95 bits per heavy atom. The monoisotopic (exact) mass is 246 g/mol. The van der Waals surface area contributed by atoms with Crippen LogP contribution in [0.5, 0.6) is 0 Å². The molecule has 0 saturated carbocycles. The molecule has 3 aromatic rings. The predicted octanol–water partition coefficient (Wildman–Crippen LogP) is 4.11. The van der Waals surface area contributed by atoms with Crippen LogP contribution < -0.4 is 0 Å². The molecule has 0 aliphatic carbocycles. The van der Waals surface area contributed by atoms with Crippen molar-refractivity contribution in [3.63, 3.8) is 0 Å². The van der Waals surface area contributed by atoms with Gasteiger partial charge in [0.25, 0.3) is 0 Å². The van der Waals surface area contributed by atoms with Gasteiger partial charge in [0, 0.05) is 17.8 Å². The van der Waals surface area contributed by atoms with Crippen molar-refractivity contribution >= 4 is 23.1 Å². The van der Waals surface area contributed by atoms with Gasteiger partial charge in [-0.25, -0.2) is 4.98 Å². The average Bonchev–Trinajstić information content (AvgIpc) is 2.46. The molecule has 2 heteroatoms. The van der Waals surface area contributed by atoms with Gasteiger partial charge in [0.2, 0.25) is 0 Å². The zero-order valence-electron chi connectivity index (χ0n) is 10.7. The zero-order chi connectivity index (χ0) is 13.1. The minimum absolute atomic E-state index is 0.959. The number of pyridine rings is 2. The maximum Gasteiger partial charge on any atom is 0.0709 e. The molecule has 2 heterocycles. The van der Waals surface area contributed by atoms with Gasteiger partial charge in [-0.3, -0.25) is 4.98 Å². The average molecular weight is 246 g/mol. The summed E-state index contributed by atoms with van der Waals surface area (Å²) in [5, 5.41) is 1.18. The smallest absolute Gasteiger partial charge is 0.0709 e. The Hall–Kier alpha value is -2.48.